The van der Waals surface area contributed by atoms with E-state index in [0.717, 1.165) is 22.3 Å². The normalized spacial score (nSPS) is 15.6. The molecule has 2 N–H and O–H groups in total. The monoisotopic (exact) mass is 542 g/mol. The average molecular weight is 543 g/mol. The van der Waals surface area contributed by atoms with Crippen LogP contribution < -0.4 is 14.9 Å². The van der Waals surface area contributed by atoms with Gasteiger partial charge in [-0.25, -0.2) is 4.79 Å². The first-order valence-corrected chi connectivity index (χ1v) is 13.0. The Kier molecular flexibility index (Phi) is 8.98. The van der Waals surface area contributed by atoms with E-state index in [9.17, 15) is 19.5 Å². The molecule has 1 saturated heterocycles. The highest BCUT2D eigenvalue weighted by Crippen LogP contribution is 2.35. The number of carbonyl (C=O) groups is 3. The van der Waals surface area contributed by atoms with Crippen molar-refractivity contribution < 1.29 is 29.0 Å². The fraction of sp³-hybridized carbons (Fsp3) is 0.333. The van der Waals surface area contributed by atoms with Crippen LogP contribution in [0.5, 0.6) is 11.5 Å². The third kappa shape index (κ3) is 6.90. The molecule has 2 amide bonds. The molecule has 1 fully saturated rings. The first-order valence-electron chi connectivity index (χ1n) is 11.8. The van der Waals surface area contributed by atoms with Crippen molar-refractivity contribution in [1.82, 2.24) is 10.4 Å². The zero-order valence-corrected chi connectivity index (χ0v) is 23.0. The van der Waals surface area contributed by atoms with Crippen molar-refractivity contribution in [3.8, 4) is 11.5 Å². The predicted molar refractivity (Wildman–Crippen MR) is 148 cm³/mol. The Hall–Kier alpha value is -3.37. The van der Waals surface area contributed by atoms with Gasteiger partial charge in [-0.1, -0.05) is 57.7 Å². The van der Waals surface area contributed by atoms with E-state index in [1.807, 2.05) is 12.1 Å². The third-order valence-electron chi connectivity index (χ3n) is 5.50. The molecule has 1 aliphatic heterocycles. The zero-order valence-electron chi connectivity index (χ0n) is 21.4. The quantitative estimate of drug-likeness (QED) is 0.330. The molecule has 8 nitrogen and oxygen atoms in total. The number of thioether (sulfide) groups is 1. The molecule has 0 aromatic heterocycles. The van der Waals surface area contributed by atoms with Crippen molar-refractivity contribution in [3.63, 3.8) is 0 Å². The summed E-state index contributed by atoms with van der Waals surface area (Å²) >= 11 is 6.40. The molecule has 1 atom stereocenters. The van der Waals surface area contributed by atoms with Gasteiger partial charge in [0.2, 0.25) is 0 Å². The molecule has 2 aromatic rings. The Labute approximate surface area is 226 Å². The fourth-order valence-corrected chi connectivity index (χ4v) is 4.62. The zero-order chi connectivity index (χ0) is 27.3. The number of thiocarbonyl (C=S) groups is 1. The van der Waals surface area contributed by atoms with Gasteiger partial charge in [0.25, 0.3) is 11.8 Å². The minimum atomic E-state index is -1.06. The summed E-state index contributed by atoms with van der Waals surface area (Å²) in [6.45, 7) is 10.1. The van der Waals surface area contributed by atoms with E-state index in [2.05, 4.69) is 26.2 Å². The van der Waals surface area contributed by atoms with E-state index in [1.54, 1.807) is 50.3 Å². The van der Waals surface area contributed by atoms with E-state index < -0.39 is 23.9 Å². The van der Waals surface area contributed by atoms with Gasteiger partial charge in [-0.3, -0.25) is 15.0 Å². The number of nitrogens with zero attached hydrogens (tertiary/aromatic N) is 1. The van der Waals surface area contributed by atoms with Crippen LogP contribution in [-0.2, 0) is 15.0 Å². The first kappa shape index (κ1) is 28.2. The summed E-state index contributed by atoms with van der Waals surface area (Å²) in [6.07, 6.45) is 0.914. The maximum atomic E-state index is 13.0. The summed E-state index contributed by atoms with van der Waals surface area (Å²) in [6, 6.07) is 12.2. The molecular weight excluding hydrogens is 512 g/mol. The molecule has 0 aliphatic carbocycles. The van der Waals surface area contributed by atoms with Crippen molar-refractivity contribution in [3.05, 3.63) is 64.1 Å². The van der Waals surface area contributed by atoms with Crippen molar-refractivity contribution in [2.24, 2.45) is 0 Å². The van der Waals surface area contributed by atoms with Gasteiger partial charge >= 0.3 is 5.97 Å². The molecule has 1 aliphatic rings. The minimum absolute atomic E-state index is 0.0435. The van der Waals surface area contributed by atoms with Crippen LogP contribution in [0.25, 0.3) is 6.08 Å². The summed E-state index contributed by atoms with van der Waals surface area (Å²) in [4.78, 5) is 37.5. The highest BCUT2D eigenvalue weighted by Gasteiger charge is 2.34. The van der Waals surface area contributed by atoms with Gasteiger partial charge in [0.05, 0.1) is 11.5 Å². The number of aliphatic carboxylic acids is 1. The molecule has 196 valence electrons. The summed E-state index contributed by atoms with van der Waals surface area (Å²) in [7, 11) is 0. The van der Waals surface area contributed by atoms with Crippen LogP contribution in [0.4, 0.5) is 0 Å². The summed E-state index contributed by atoms with van der Waals surface area (Å²) in [5.41, 5.74) is 4.68. The smallest absolute Gasteiger partial charge is 0.344 e. The molecule has 0 spiro atoms. The maximum absolute atomic E-state index is 13.0. The van der Waals surface area contributed by atoms with Gasteiger partial charge in [0.15, 0.2) is 21.9 Å². The second-order valence-corrected chi connectivity index (χ2v) is 11.0. The number of benzene rings is 2. The van der Waals surface area contributed by atoms with Crippen molar-refractivity contribution >= 4 is 52.2 Å². The second-order valence-electron chi connectivity index (χ2n) is 9.28. The molecule has 3 rings (SSSR count). The van der Waals surface area contributed by atoms with E-state index in [1.165, 1.54) is 0 Å². The Balaban J connectivity index is 1.77. The molecule has 1 heterocycles. The lowest BCUT2D eigenvalue weighted by Gasteiger charge is -2.19. The molecule has 1 unspecified atom stereocenters. The molecule has 0 bridgehead atoms. The van der Waals surface area contributed by atoms with Crippen LogP contribution in [-0.4, -0.2) is 44.9 Å². The Bertz CT molecular complexity index is 1230. The number of carboxylic acid groups (broad SMARTS) is 1. The number of carbonyl (C=O) groups excluding carboxylic acids is 2. The van der Waals surface area contributed by atoms with Crippen LogP contribution in [0, 0.1) is 0 Å². The number of nitrogens with one attached hydrogen (secondary N) is 1. The SMILES string of the molecule is CCOc1cc(/C=C2/SC(=S)N(NC(=O)c3ccc(C(C)(C)C)cc3)C2=O)ccc1OC(CC)C(=O)O. The summed E-state index contributed by atoms with van der Waals surface area (Å²) in [5, 5.41) is 10.4. The van der Waals surface area contributed by atoms with Gasteiger partial charge < -0.3 is 14.6 Å². The van der Waals surface area contributed by atoms with Crippen molar-refractivity contribution in [1.29, 1.82) is 0 Å². The van der Waals surface area contributed by atoms with E-state index in [0.29, 0.717) is 34.1 Å². The van der Waals surface area contributed by atoms with Crippen molar-refractivity contribution in [2.75, 3.05) is 6.61 Å². The van der Waals surface area contributed by atoms with Crippen molar-refractivity contribution in [2.45, 2.75) is 52.6 Å². The van der Waals surface area contributed by atoms with E-state index in [-0.39, 0.29) is 16.2 Å². The van der Waals surface area contributed by atoms with Crippen LogP contribution in [0.1, 0.15) is 62.5 Å². The fourth-order valence-electron chi connectivity index (χ4n) is 3.44. The highest BCUT2D eigenvalue weighted by atomic mass is 32.2. The number of rotatable bonds is 9. The molecule has 0 radical (unpaired) electrons. The molecule has 10 heteroatoms. The number of ether oxygens (including phenoxy) is 2. The minimum Gasteiger partial charge on any atom is -0.490 e. The molecule has 2 aromatic carbocycles. The second kappa shape index (κ2) is 11.8. The predicted octanol–water partition coefficient (Wildman–Crippen LogP) is 5.17. The maximum Gasteiger partial charge on any atom is 0.344 e. The number of carboxylic acids is 1. The largest absolute Gasteiger partial charge is 0.490 e. The lowest BCUT2D eigenvalue weighted by Crippen LogP contribution is -2.44. The Morgan fingerprint density at radius 2 is 1.81 bits per heavy atom. The molecular formula is C27H30N2O6S2. The van der Waals surface area contributed by atoms with Crippen LogP contribution in [0.2, 0.25) is 0 Å². The van der Waals surface area contributed by atoms with Gasteiger partial charge in [-0.2, -0.15) is 5.01 Å². The van der Waals surface area contributed by atoms with Crippen LogP contribution in [0.3, 0.4) is 0 Å². The topological polar surface area (TPSA) is 105 Å². The van der Waals surface area contributed by atoms with Gasteiger partial charge in [-0.05, 0) is 72.4 Å². The average Bonchev–Trinajstić information content (AvgIpc) is 3.10. The Morgan fingerprint density at radius 3 is 2.38 bits per heavy atom. The van der Waals surface area contributed by atoms with Crippen LogP contribution >= 0.6 is 24.0 Å². The van der Waals surface area contributed by atoms with Crippen LogP contribution in [0.15, 0.2) is 47.4 Å². The third-order valence-corrected chi connectivity index (χ3v) is 6.80. The highest BCUT2D eigenvalue weighted by molar-refractivity contribution is 8.26. The Morgan fingerprint density at radius 1 is 1.14 bits per heavy atom. The number of hydrogen-bond donors (Lipinski definition) is 2. The molecule has 0 saturated carbocycles. The number of hydrazine groups is 1. The number of amides is 2. The molecule has 37 heavy (non-hydrogen) atoms. The summed E-state index contributed by atoms with van der Waals surface area (Å²) in [5.74, 6) is -1.30. The van der Waals surface area contributed by atoms with E-state index >= 15 is 0 Å². The van der Waals surface area contributed by atoms with Gasteiger partial charge in [-0.15, -0.1) is 0 Å². The van der Waals surface area contributed by atoms with Gasteiger partial charge in [0, 0.05) is 5.56 Å². The lowest BCUT2D eigenvalue weighted by atomic mass is 9.87. The number of hydrogen-bond acceptors (Lipinski definition) is 7. The first-order chi connectivity index (χ1) is 17.4. The summed E-state index contributed by atoms with van der Waals surface area (Å²) < 4.78 is 11.4. The lowest BCUT2D eigenvalue weighted by molar-refractivity contribution is -0.145. The van der Waals surface area contributed by atoms with Gasteiger partial charge in [0.1, 0.15) is 0 Å². The van der Waals surface area contributed by atoms with E-state index in [4.69, 9.17) is 21.7 Å². The standard InChI is InChI=1S/C27H30N2O6S2/c1-6-19(25(32)33)35-20-13-8-16(14-21(20)34-7-2)15-22-24(31)29(26(36)37-22)28-23(30)17-9-11-18(12-10-17)27(3,4)5/h8-15,19H,6-7H2,1-5H3,(H,28,30)(H,32,33)/b22-15+.